The minimum atomic E-state index is -0.599. The first-order chi connectivity index (χ1) is 14.0. The summed E-state index contributed by atoms with van der Waals surface area (Å²) in [5.41, 5.74) is 1.66. The van der Waals surface area contributed by atoms with E-state index in [2.05, 4.69) is 11.9 Å². The Balaban J connectivity index is 1.75. The number of methoxy groups -OCH3 is 2. The Hall–Kier alpha value is -3.15. The zero-order chi connectivity index (χ0) is 20.5. The lowest BCUT2D eigenvalue weighted by molar-refractivity contribution is -0.118. The van der Waals surface area contributed by atoms with Crippen molar-refractivity contribution >= 4 is 23.7 Å². The SMILES string of the molecule is COc1ccc(N2C(=O)c3ccccc3C(C=N[C@H](C)C3CC3)C2=O)cc1OC. The van der Waals surface area contributed by atoms with Gasteiger partial charge in [-0.25, -0.2) is 4.90 Å². The van der Waals surface area contributed by atoms with Crippen LogP contribution in [0.25, 0.3) is 0 Å². The number of carbonyl (C=O) groups is 2. The lowest BCUT2D eigenvalue weighted by atomic mass is 9.88. The largest absolute Gasteiger partial charge is 0.493 e. The van der Waals surface area contributed by atoms with Crippen molar-refractivity contribution in [3.8, 4) is 11.5 Å². The van der Waals surface area contributed by atoms with Crippen LogP contribution >= 0.6 is 0 Å². The van der Waals surface area contributed by atoms with Gasteiger partial charge in [0.05, 0.1) is 25.8 Å². The van der Waals surface area contributed by atoms with Crippen LogP contribution < -0.4 is 14.4 Å². The van der Waals surface area contributed by atoms with Crippen molar-refractivity contribution in [2.45, 2.75) is 31.7 Å². The van der Waals surface area contributed by atoms with Gasteiger partial charge in [-0.3, -0.25) is 14.6 Å². The number of carbonyl (C=O) groups excluding carboxylic acids is 2. The van der Waals surface area contributed by atoms with Crippen LogP contribution in [0, 0.1) is 5.92 Å². The molecule has 150 valence electrons. The van der Waals surface area contributed by atoms with E-state index in [1.54, 1.807) is 43.7 Å². The van der Waals surface area contributed by atoms with Crippen molar-refractivity contribution in [3.63, 3.8) is 0 Å². The van der Waals surface area contributed by atoms with Crippen molar-refractivity contribution in [1.29, 1.82) is 0 Å². The molecule has 2 amide bonds. The molecule has 1 heterocycles. The molecule has 2 aromatic carbocycles. The molecular weight excluding hydrogens is 368 g/mol. The molecule has 0 spiro atoms. The van der Waals surface area contributed by atoms with Gasteiger partial charge in [0.2, 0.25) is 5.91 Å². The standard InChI is InChI=1S/C23H24N2O4/c1-14(15-8-9-15)24-13-19-17-6-4-5-7-18(17)22(26)25(23(19)27)16-10-11-20(28-2)21(12-16)29-3/h4-7,10-15,19H,8-9H2,1-3H3/t14-,19?/m1/s1. The van der Waals surface area contributed by atoms with E-state index in [0.717, 1.165) is 0 Å². The fraction of sp³-hybridized carbons (Fsp3) is 0.348. The van der Waals surface area contributed by atoms with Crippen LogP contribution in [0.1, 0.15) is 41.6 Å². The first kappa shape index (κ1) is 19.2. The average Bonchev–Trinajstić information content (AvgIpc) is 3.59. The molecule has 1 unspecified atom stereocenters. The van der Waals surface area contributed by atoms with E-state index in [4.69, 9.17) is 9.47 Å². The number of fused-ring (bicyclic) bond motifs is 1. The third-order valence-corrected chi connectivity index (χ3v) is 5.62. The van der Waals surface area contributed by atoms with Crippen molar-refractivity contribution < 1.29 is 19.1 Å². The summed E-state index contributed by atoms with van der Waals surface area (Å²) < 4.78 is 10.6. The van der Waals surface area contributed by atoms with Gasteiger partial charge in [-0.1, -0.05) is 18.2 Å². The minimum Gasteiger partial charge on any atom is -0.493 e. The maximum atomic E-state index is 13.4. The molecule has 1 saturated carbocycles. The summed E-state index contributed by atoms with van der Waals surface area (Å²) >= 11 is 0. The number of ether oxygens (including phenoxy) is 2. The number of imide groups is 1. The lowest BCUT2D eigenvalue weighted by Crippen LogP contribution is -2.45. The average molecular weight is 392 g/mol. The highest BCUT2D eigenvalue weighted by Gasteiger charge is 2.39. The summed E-state index contributed by atoms with van der Waals surface area (Å²) in [6, 6.07) is 12.4. The summed E-state index contributed by atoms with van der Waals surface area (Å²) in [5.74, 6) is 0.328. The van der Waals surface area contributed by atoms with Crippen LogP contribution in [0.15, 0.2) is 47.5 Å². The second-order valence-electron chi connectivity index (χ2n) is 7.46. The van der Waals surface area contributed by atoms with E-state index in [0.29, 0.717) is 34.2 Å². The summed E-state index contributed by atoms with van der Waals surface area (Å²) in [7, 11) is 3.06. The van der Waals surface area contributed by atoms with E-state index in [1.165, 1.54) is 24.9 Å². The maximum Gasteiger partial charge on any atom is 0.265 e. The van der Waals surface area contributed by atoms with Crippen LogP contribution in [0.4, 0.5) is 5.69 Å². The van der Waals surface area contributed by atoms with Gasteiger partial charge in [0.15, 0.2) is 11.5 Å². The molecule has 0 aromatic heterocycles. The number of amides is 2. The number of benzene rings is 2. The molecule has 6 heteroatoms. The highest BCUT2D eigenvalue weighted by molar-refractivity contribution is 6.29. The predicted molar refractivity (Wildman–Crippen MR) is 111 cm³/mol. The molecule has 6 nitrogen and oxygen atoms in total. The molecule has 1 aliphatic heterocycles. The van der Waals surface area contributed by atoms with E-state index >= 15 is 0 Å². The molecule has 2 aliphatic rings. The van der Waals surface area contributed by atoms with Crippen molar-refractivity contribution in [1.82, 2.24) is 0 Å². The Morgan fingerprint density at radius 2 is 1.79 bits per heavy atom. The summed E-state index contributed by atoms with van der Waals surface area (Å²) in [6.07, 6.45) is 4.08. The normalized spacial score (nSPS) is 20.0. The van der Waals surface area contributed by atoms with Crippen LogP contribution in [0.3, 0.4) is 0 Å². The van der Waals surface area contributed by atoms with Gasteiger partial charge in [-0.2, -0.15) is 0 Å². The molecule has 0 saturated heterocycles. The molecule has 2 aromatic rings. The van der Waals surface area contributed by atoms with E-state index in [9.17, 15) is 9.59 Å². The Kier molecular flexibility index (Phi) is 5.09. The lowest BCUT2D eigenvalue weighted by Gasteiger charge is -2.31. The van der Waals surface area contributed by atoms with Gasteiger partial charge < -0.3 is 9.47 Å². The van der Waals surface area contributed by atoms with Crippen LogP contribution in [-0.4, -0.2) is 38.3 Å². The Morgan fingerprint density at radius 1 is 1.07 bits per heavy atom. The number of hydrogen-bond acceptors (Lipinski definition) is 5. The van der Waals surface area contributed by atoms with Crippen molar-refractivity contribution in [2.24, 2.45) is 10.9 Å². The number of nitrogens with zero attached hydrogens (tertiary/aromatic N) is 2. The number of rotatable bonds is 6. The van der Waals surface area contributed by atoms with Gasteiger partial charge in [-0.15, -0.1) is 0 Å². The maximum absolute atomic E-state index is 13.4. The van der Waals surface area contributed by atoms with Gasteiger partial charge in [0.1, 0.15) is 0 Å². The summed E-state index contributed by atoms with van der Waals surface area (Å²) in [5, 5.41) is 0. The zero-order valence-electron chi connectivity index (χ0n) is 16.8. The zero-order valence-corrected chi connectivity index (χ0v) is 16.8. The Morgan fingerprint density at radius 3 is 2.48 bits per heavy atom. The summed E-state index contributed by atoms with van der Waals surface area (Å²) in [4.78, 5) is 32.4. The molecule has 2 atom stereocenters. The highest BCUT2D eigenvalue weighted by Crippen LogP contribution is 2.37. The quantitative estimate of drug-likeness (QED) is 0.553. The third-order valence-electron chi connectivity index (χ3n) is 5.62. The molecule has 0 bridgehead atoms. The molecular formula is C23H24N2O4. The van der Waals surface area contributed by atoms with Crippen LogP contribution in [0.5, 0.6) is 11.5 Å². The second-order valence-corrected chi connectivity index (χ2v) is 7.46. The second kappa shape index (κ2) is 7.70. The van der Waals surface area contributed by atoms with Crippen LogP contribution in [-0.2, 0) is 4.79 Å². The van der Waals surface area contributed by atoms with Gasteiger partial charge in [0.25, 0.3) is 5.91 Å². The Labute approximate surface area is 170 Å². The molecule has 0 N–H and O–H groups in total. The van der Waals surface area contributed by atoms with Crippen molar-refractivity contribution in [3.05, 3.63) is 53.6 Å². The number of anilines is 1. The van der Waals surface area contributed by atoms with E-state index < -0.39 is 5.92 Å². The fourth-order valence-corrected chi connectivity index (χ4v) is 3.73. The minimum absolute atomic E-state index is 0.183. The smallest absolute Gasteiger partial charge is 0.265 e. The number of aliphatic imine (C=N–C) groups is 1. The number of hydrogen-bond donors (Lipinski definition) is 0. The molecule has 1 fully saturated rings. The molecule has 29 heavy (non-hydrogen) atoms. The third kappa shape index (κ3) is 3.50. The highest BCUT2D eigenvalue weighted by atomic mass is 16.5. The topological polar surface area (TPSA) is 68.2 Å². The van der Waals surface area contributed by atoms with Crippen LogP contribution in [0.2, 0.25) is 0 Å². The molecule has 1 aliphatic carbocycles. The summed E-state index contributed by atoms with van der Waals surface area (Å²) in [6.45, 7) is 2.07. The van der Waals surface area contributed by atoms with E-state index in [-0.39, 0.29) is 17.9 Å². The van der Waals surface area contributed by atoms with Gasteiger partial charge in [-0.05, 0) is 49.4 Å². The van der Waals surface area contributed by atoms with Crippen molar-refractivity contribution in [2.75, 3.05) is 19.1 Å². The monoisotopic (exact) mass is 392 g/mol. The first-order valence-corrected chi connectivity index (χ1v) is 9.77. The molecule has 0 radical (unpaired) electrons. The molecule has 4 rings (SSSR count). The van der Waals surface area contributed by atoms with E-state index in [1.807, 2.05) is 12.1 Å². The Bertz CT molecular complexity index is 981. The predicted octanol–water partition coefficient (Wildman–Crippen LogP) is 3.84. The fourth-order valence-electron chi connectivity index (χ4n) is 3.73. The first-order valence-electron chi connectivity index (χ1n) is 9.77. The van der Waals surface area contributed by atoms with Gasteiger partial charge >= 0.3 is 0 Å². The van der Waals surface area contributed by atoms with Gasteiger partial charge in [0, 0.05) is 23.9 Å².